The lowest BCUT2D eigenvalue weighted by Crippen LogP contribution is -2.12. The Hall–Kier alpha value is -3.51. The van der Waals surface area contributed by atoms with E-state index in [1.54, 1.807) is 68.6 Å². The van der Waals surface area contributed by atoms with E-state index in [1.165, 1.54) is 0 Å². The fraction of sp³-hybridized carbons (Fsp3) is 0.0909. The van der Waals surface area contributed by atoms with Crippen molar-refractivity contribution in [2.45, 2.75) is 6.92 Å². The van der Waals surface area contributed by atoms with Crippen molar-refractivity contribution in [2.75, 3.05) is 12.4 Å². The Kier molecular flexibility index (Phi) is 4.86. The van der Waals surface area contributed by atoms with Crippen molar-refractivity contribution in [1.82, 2.24) is 4.98 Å². The molecule has 0 spiro atoms. The molecule has 146 valence electrons. The number of nitrogens with one attached hydrogen (secondary N) is 1. The molecule has 29 heavy (non-hydrogen) atoms. The SMILES string of the molecule is COc1ccc(C(=O)Nc2cc(C)c(O)c(-c3nc4cc(Cl)ccc4o3)c2)cc1. The Morgan fingerprint density at radius 2 is 1.90 bits per heavy atom. The van der Waals surface area contributed by atoms with Crippen LogP contribution in [0.5, 0.6) is 11.5 Å². The lowest BCUT2D eigenvalue weighted by molar-refractivity contribution is 0.102. The summed E-state index contributed by atoms with van der Waals surface area (Å²) in [6, 6.07) is 15.2. The van der Waals surface area contributed by atoms with Crippen LogP contribution in [-0.4, -0.2) is 23.1 Å². The molecule has 3 aromatic carbocycles. The molecule has 0 aliphatic rings. The number of amides is 1. The Morgan fingerprint density at radius 3 is 2.62 bits per heavy atom. The number of carbonyl (C=O) groups excluding carboxylic acids is 1. The maximum Gasteiger partial charge on any atom is 0.255 e. The highest BCUT2D eigenvalue weighted by Crippen LogP contribution is 2.36. The highest BCUT2D eigenvalue weighted by atomic mass is 35.5. The van der Waals surface area contributed by atoms with Gasteiger partial charge in [-0.05, 0) is 67.1 Å². The summed E-state index contributed by atoms with van der Waals surface area (Å²) in [5.74, 6) is 0.655. The average Bonchev–Trinajstić information content (AvgIpc) is 3.13. The van der Waals surface area contributed by atoms with Crippen molar-refractivity contribution in [2.24, 2.45) is 0 Å². The predicted octanol–water partition coefficient (Wildman–Crippen LogP) is 5.42. The third-order valence-electron chi connectivity index (χ3n) is 4.49. The lowest BCUT2D eigenvalue weighted by Gasteiger charge is -2.10. The molecule has 2 N–H and O–H groups in total. The van der Waals surface area contributed by atoms with E-state index in [1.807, 2.05) is 0 Å². The molecule has 4 aromatic rings. The Balaban J connectivity index is 1.68. The van der Waals surface area contributed by atoms with E-state index in [4.69, 9.17) is 20.8 Å². The zero-order valence-electron chi connectivity index (χ0n) is 15.7. The molecular weight excluding hydrogens is 392 g/mol. The number of phenols is 1. The Labute approximate surface area is 171 Å². The number of anilines is 1. The van der Waals surface area contributed by atoms with Crippen LogP contribution in [0.3, 0.4) is 0 Å². The number of ether oxygens (including phenoxy) is 1. The number of hydrogen-bond donors (Lipinski definition) is 2. The molecule has 0 aliphatic heterocycles. The van der Waals surface area contributed by atoms with Gasteiger partial charge >= 0.3 is 0 Å². The van der Waals surface area contributed by atoms with Crippen LogP contribution in [-0.2, 0) is 0 Å². The second-order valence-electron chi connectivity index (χ2n) is 6.50. The maximum absolute atomic E-state index is 12.6. The molecule has 1 amide bonds. The first-order valence-electron chi connectivity index (χ1n) is 8.80. The lowest BCUT2D eigenvalue weighted by atomic mass is 10.1. The van der Waals surface area contributed by atoms with Gasteiger partial charge in [-0.25, -0.2) is 4.98 Å². The predicted molar refractivity (Wildman–Crippen MR) is 112 cm³/mol. The van der Waals surface area contributed by atoms with Gasteiger partial charge in [-0.2, -0.15) is 0 Å². The van der Waals surface area contributed by atoms with E-state index < -0.39 is 0 Å². The van der Waals surface area contributed by atoms with E-state index in [9.17, 15) is 9.90 Å². The third kappa shape index (κ3) is 3.75. The standard InChI is InChI=1S/C22H17ClN2O4/c1-12-9-15(24-21(27)13-3-6-16(28-2)7-4-13)11-17(20(12)26)22-25-18-10-14(23)5-8-19(18)29-22/h3-11,26H,1-2H3,(H,24,27). The number of aryl methyl sites for hydroxylation is 1. The Bertz CT molecular complexity index is 1220. The molecule has 0 bridgehead atoms. The van der Waals surface area contributed by atoms with Gasteiger partial charge in [-0.15, -0.1) is 0 Å². The van der Waals surface area contributed by atoms with Crippen molar-refractivity contribution in [3.8, 4) is 23.0 Å². The fourth-order valence-corrected chi connectivity index (χ4v) is 3.14. The van der Waals surface area contributed by atoms with Crippen LogP contribution in [0.15, 0.2) is 59.0 Å². The number of oxazole rings is 1. The first-order chi connectivity index (χ1) is 13.9. The molecule has 7 heteroatoms. The average molecular weight is 409 g/mol. The summed E-state index contributed by atoms with van der Waals surface area (Å²) in [4.78, 5) is 17.0. The summed E-state index contributed by atoms with van der Waals surface area (Å²) in [7, 11) is 1.57. The number of nitrogens with zero attached hydrogens (tertiary/aromatic N) is 1. The number of fused-ring (bicyclic) bond motifs is 1. The molecular formula is C22H17ClN2O4. The zero-order valence-corrected chi connectivity index (χ0v) is 16.4. The molecule has 0 saturated heterocycles. The second-order valence-corrected chi connectivity index (χ2v) is 6.94. The molecule has 0 radical (unpaired) electrons. The highest BCUT2D eigenvalue weighted by molar-refractivity contribution is 6.31. The van der Waals surface area contributed by atoms with E-state index in [-0.39, 0.29) is 17.5 Å². The number of halogens is 1. The first kappa shape index (κ1) is 18.8. The van der Waals surface area contributed by atoms with Gasteiger partial charge in [0.25, 0.3) is 5.91 Å². The molecule has 4 rings (SSSR count). The van der Waals surface area contributed by atoms with Crippen LogP contribution in [0.25, 0.3) is 22.6 Å². The minimum Gasteiger partial charge on any atom is -0.507 e. The minimum atomic E-state index is -0.284. The number of aromatic hydroxyl groups is 1. The summed E-state index contributed by atoms with van der Waals surface area (Å²) in [6.45, 7) is 1.74. The van der Waals surface area contributed by atoms with Crippen molar-refractivity contribution in [3.63, 3.8) is 0 Å². The largest absolute Gasteiger partial charge is 0.507 e. The van der Waals surface area contributed by atoms with Crippen molar-refractivity contribution >= 4 is 34.3 Å². The number of aromatic nitrogens is 1. The number of rotatable bonds is 4. The summed E-state index contributed by atoms with van der Waals surface area (Å²) in [6.07, 6.45) is 0. The minimum absolute atomic E-state index is 0.0325. The third-order valence-corrected chi connectivity index (χ3v) is 4.73. The fourth-order valence-electron chi connectivity index (χ4n) is 2.98. The van der Waals surface area contributed by atoms with Gasteiger partial charge in [0.15, 0.2) is 5.58 Å². The molecule has 0 atom stereocenters. The van der Waals surface area contributed by atoms with Gasteiger partial charge < -0.3 is 19.6 Å². The van der Waals surface area contributed by atoms with E-state index in [0.29, 0.717) is 44.2 Å². The summed E-state index contributed by atoms with van der Waals surface area (Å²) in [5, 5.41) is 13.9. The topological polar surface area (TPSA) is 84.6 Å². The van der Waals surface area contributed by atoms with Gasteiger partial charge in [0.05, 0.1) is 12.7 Å². The second kappa shape index (κ2) is 7.48. The first-order valence-corrected chi connectivity index (χ1v) is 9.18. The summed E-state index contributed by atoms with van der Waals surface area (Å²) < 4.78 is 10.9. The van der Waals surface area contributed by atoms with Gasteiger partial charge in [-0.1, -0.05) is 11.6 Å². The van der Waals surface area contributed by atoms with Crippen LogP contribution in [0.4, 0.5) is 5.69 Å². The molecule has 0 unspecified atom stereocenters. The number of benzene rings is 3. The molecule has 1 aromatic heterocycles. The number of phenolic OH excluding ortho intramolecular Hbond substituents is 1. The molecule has 0 saturated carbocycles. The van der Waals surface area contributed by atoms with E-state index in [0.717, 1.165) is 0 Å². The van der Waals surface area contributed by atoms with Crippen LogP contribution in [0.1, 0.15) is 15.9 Å². The molecule has 0 aliphatic carbocycles. The monoisotopic (exact) mass is 408 g/mol. The Morgan fingerprint density at radius 1 is 1.14 bits per heavy atom. The summed E-state index contributed by atoms with van der Waals surface area (Å²) in [5.41, 5.74) is 3.08. The quantitative estimate of drug-likeness (QED) is 0.440. The molecule has 1 heterocycles. The summed E-state index contributed by atoms with van der Waals surface area (Å²) >= 11 is 6.00. The highest BCUT2D eigenvalue weighted by Gasteiger charge is 2.17. The van der Waals surface area contributed by atoms with E-state index in [2.05, 4.69) is 10.3 Å². The van der Waals surface area contributed by atoms with Crippen LogP contribution >= 0.6 is 11.6 Å². The van der Waals surface area contributed by atoms with Gasteiger partial charge in [0.1, 0.15) is 17.0 Å². The molecule has 0 fully saturated rings. The number of methoxy groups -OCH3 is 1. The normalized spacial score (nSPS) is 10.9. The van der Waals surface area contributed by atoms with Crippen molar-refractivity contribution in [1.29, 1.82) is 0 Å². The molecule has 6 nitrogen and oxygen atoms in total. The smallest absolute Gasteiger partial charge is 0.255 e. The van der Waals surface area contributed by atoms with Gasteiger partial charge in [0.2, 0.25) is 5.89 Å². The van der Waals surface area contributed by atoms with E-state index >= 15 is 0 Å². The van der Waals surface area contributed by atoms with Crippen LogP contribution < -0.4 is 10.1 Å². The zero-order chi connectivity index (χ0) is 20.5. The van der Waals surface area contributed by atoms with Gasteiger partial charge in [-0.3, -0.25) is 4.79 Å². The van der Waals surface area contributed by atoms with Crippen LogP contribution in [0.2, 0.25) is 5.02 Å². The van der Waals surface area contributed by atoms with Crippen molar-refractivity contribution < 1.29 is 19.1 Å². The van der Waals surface area contributed by atoms with Gasteiger partial charge in [0, 0.05) is 16.3 Å². The number of carbonyl (C=O) groups is 1. The van der Waals surface area contributed by atoms with Crippen LogP contribution in [0, 0.1) is 6.92 Å². The maximum atomic E-state index is 12.6. The number of hydrogen-bond acceptors (Lipinski definition) is 5. The van der Waals surface area contributed by atoms with Crippen molar-refractivity contribution in [3.05, 3.63) is 70.7 Å².